The summed E-state index contributed by atoms with van der Waals surface area (Å²) in [6.07, 6.45) is 1.48. The lowest BCUT2D eigenvalue weighted by molar-refractivity contribution is 0.0695. The van der Waals surface area contributed by atoms with Crippen molar-refractivity contribution in [3.63, 3.8) is 0 Å². The molecule has 0 aliphatic carbocycles. The average Bonchev–Trinajstić information content (AvgIpc) is 3.22. The summed E-state index contributed by atoms with van der Waals surface area (Å²) in [4.78, 5) is 27.9. The van der Waals surface area contributed by atoms with Gasteiger partial charge in [0.15, 0.2) is 23.3 Å². The number of nitrogen functional groups attached to an aromatic ring is 1. The number of carboxylic acids is 1. The van der Waals surface area contributed by atoms with Gasteiger partial charge in [0.2, 0.25) is 5.43 Å². The van der Waals surface area contributed by atoms with E-state index < -0.39 is 51.4 Å². The number of aromatic carboxylic acids is 1. The quantitative estimate of drug-likeness (QED) is 0.478. The highest BCUT2D eigenvalue weighted by molar-refractivity contribution is 6.38. The first-order chi connectivity index (χ1) is 14.7. The van der Waals surface area contributed by atoms with Gasteiger partial charge < -0.3 is 21.5 Å². The van der Waals surface area contributed by atoms with Gasteiger partial charge in [0.1, 0.15) is 11.4 Å². The van der Waals surface area contributed by atoms with Gasteiger partial charge in [-0.1, -0.05) is 11.6 Å². The Balaban J connectivity index is 2.08. The van der Waals surface area contributed by atoms with Crippen LogP contribution in [0.15, 0.2) is 23.1 Å². The van der Waals surface area contributed by atoms with Gasteiger partial charge in [0.05, 0.1) is 21.6 Å². The maximum atomic E-state index is 14.9. The number of nitrogens with one attached hydrogen (secondary N) is 2. The Morgan fingerprint density at radius 3 is 2.68 bits per heavy atom. The molecule has 1 atom stereocenters. The number of pyridine rings is 2. The minimum Gasteiger partial charge on any atom is -0.477 e. The smallest absolute Gasteiger partial charge is 0.341 e. The Labute approximate surface area is 177 Å². The van der Waals surface area contributed by atoms with Crippen molar-refractivity contribution in [3.8, 4) is 5.82 Å². The summed E-state index contributed by atoms with van der Waals surface area (Å²) in [6, 6.07) is 1.13. The normalized spacial score (nSPS) is 16.1. The van der Waals surface area contributed by atoms with Crippen LogP contribution >= 0.6 is 11.6 Å². The van der Waals surface area contributed by atoms with Gasteiger partial charge >= 0.3 is 5.97 Å². The van der Waals surface area contributed by atoms with Gasteiger partial charge in [-0.05, 0) is 19.0 Å². The number of carboxylic acid groups (broad SMARTS) is 1. The molecule has 2 aromatic heterocycles. The Hall–Kier alpha value is -3.31. The van der Waals surface area contributed by atoms with Gasteiger partial charge in [0.25, 0.3) is 0 Å². The molecule has 12 heteroatoms. The van der Waals surface area contributed by atoms with E-state index in [2.05, 4.69) is 15.6 Å². The van der Waals surface area contributed by atoms with E-state index in [1.807, 2.05) is 0 Å². The van der Waals surface area contributed by atoms with Crippen molar-refractivity contribution in [3.05, 3.63) is 56.6 Å². The predicted octanol–water partition coefficient (Wildman–Crippen LogP) is 2.51. The number of nitrogens with two attached hydrogens (primary N) is 1. The fourth-order valence-electron chi connectivity index (χ4n) is 3.49. The molecular weight excluding hydrogens is 439 g/mol. The van der Waals surface area contributed by atoms with Crippen molar-refractivity contribution in [1.29, 1.82) is 0 Å². The van der Waals surface area contributed by atoms with Gasteiger partial charge in [-0.15, -0.1) is 0 Å². The van der Waals surface area contributed by atoms with Crippen molar-refractivity contribution in [2.75, 3.05) is 24.1 Å². The van der Waals surface area contributed by atoms with E-state index >= 15 is 0 Å². The van der Waals surface area contributed by atoms with Crippen LogP contribution < -0.4 is 21.8 Å². The number of anilines is 2. The highest BCUT2D eigenvalue weighted by Gasteiger charge is 2.25. The van der Waals surface area contributed by atoms with E-state index in [1.54, 1.807) is 0 Å². The minimum absolute atomic E-state index is 0.144. The number of rotatable bonds is 4. The summed E-state index contributed by atoms with van der Waals surface area (Å²) in [7, 11) is 0. The van der Waals surface area contributed by atoms with Crippen LogP contribution in [0, 0.1) is 17.5 Å². The molecular formula is C19H15ClF3N5O3. The number of benzene rings is 1. The van der Waals surface area contributed by atoms with Crippen molar-refractivity contribution in [2.24, 2.45) is 0 Å². The summed E-state index contributed by atoms with van der Waals surface area (Å²) in [5.41, 5.74) is 3.29. The highest BCUT2D eigenvalue weighted by atomic mass is 35.5. The first-order valence-corrected chi connectivity index (χ1v) is 9.46. The standard InChI is InChI=1S/C19H15ClF3N5O3/c20-13-14(26-7-1-2-25-5-7)10(21)3-8-15(13)28(6-9(16(8)29)19(30)31)18-12(23)4-11(22)17(24)27-18/h3-4,6-7,25-26H,1-2,5H2,(H2,24,27)(H,30,31). The molecule has 31 heavy (non-hydrogen) atoms. The monoisotopic (exact) mass is 453 g/mol. The van der Waals surface area contributed by atoms with E-state index in [4.69, 9.17) is 17.3 Å². The molecule has 5 N–H and O–H groups in total. The van der Waals surface area contributed by atoms with E-state index in [0.717, 1.165) is 16.8 Å². The van der Waals surface area contributed by atoms with Gasteiger partial charge in [-0.25, -0.2) is 22.9 Å². The summed E-state index contributed by atoms with van der Waals surface area (Å²) in [6.45, 7) is 1.25. The predicted molar refractivity (Wildman–Crippen MR) is 108 cm³/mol. The van der Waals surface area contributed by atoms with Crippen LogP contribution in [0.3, 0.4) is 0 Å². The summed E-state index contributed by atoms with van der Waals surface area (Å²) in [5.74, 6) is -6.10. The second-order valence-corrected chi connectivity index (χ2v) is 7.36. The number of aromatic nitrogens is 2. The third kappa shape index (κ3) is 3.55. The molecule has 4 rings (SSSR count). The topological polar surface area (TPSA) is 122 Å². The molecule has 3 heterocycles. The van der Waals surface area contributed by atoms with Crippen LogP contribution in [-0.4, -0.2) is 39.8 Å². The molecule has 1 aromatic carbocycles. The van der Waals surface area contributed by atoms with Crippen LogP contribution in [0.5, 0.6) is 0 Å². The lowest BCUT2D eigenvalue weighted by atomic mass is 10.1. The molecule has 1 fully saturated rings. The largest absolute Gasteiger partial charge is 0.477 e. The molecule has 0 spiro atoms. The van der Waals surface area contributed by atoms with E-state index in [1.165, 1.54) is 0 Å². The second kappa shape index (κ2) is 7.75. The average molecular weight is 454 g/mol. The van der Waals surface area contributed by atoms with Gasteiger partial charge in [-0.3, -0.25) is 9.36 Å². The van der Waals surface area contributed by atoms with Gasteiger partial charge in [0, 0.05) is 24.8 Å². The summed E-state index contributed by atoms with van der Waals surface area (Å²) < 4.78 is 43.9. The molecule has 1 unspecified atom stereocenters. The number of nitrogens with zero attached hydrogens (tertiary/aromatic N) is 2. The van der Waals surface area contributed by atoms with Gasteiger partial charge in [-0.2, -0.15) is 0 Å². The zero-order chi connectivity index (χ0) is 22.4. The van der Waals surface area contributed by atoms with Crippen molar-refractivity contribution >= 4 is 40.0 Å². The van der Waals surface area contributed by atoms with Crippen LogP contribution in [0.25, 0.3) is 16.7 Å². The Morgan fingerprint density at radius 2 is 2.03 bits per heavy atom. The van der Waals surface area contributed by atoms with E-state index in [0.29, 0.717) is 25.6 Å². The van der Waals surface area contributed by atoms with Crippen molar-refractivity contribution in [1.82, 2.24) is 14.9 Å². The van der Waals surface area contributed by atoms with Crippen molar-refractivity contribution in [2.45, 2.75) is 12.5 Å². The Morgan fingerprint density at radius 1 is 1.29 bits per heavy atom. The molecule has 1 saturated heterocycles. The third-order valence-corrected chi connectivity index (χ3v) is 5.35. The Bertz CT molecular complexity index is 1290. The van der Waals surface area contributed by atoms with Crippen LogP contribution in [-0.2, 0) is 0 Å². The van der Waals surface area contributed by atoms with Crippen LogP contribution in [0.2, 0.25) is 5.02 Å². The molecule has 8 nitrogen and oxygen atoms in total. The molecule has 0 radical (unpaired) electrons. The highest BCUT2D eigenvalue weighted by Crippen LogP contribution is 2.35. The second-order valence-electron chi connectivity index (χ2n) is 6.99. The van der Waals surface area contributed by atoms with E-state index in [-0.39, 0.29) is 22.3 Å². The van der Waals surface area contributed by atoms with E-state index in [9.17, 15) is 27.9 Å². The SMILES string of the molecule is Nc1nc(-n2cc(C(=O)O)c(=O)c3cc(F)c(NC4CCNC4)c(Cl)c32)c(F)cc1F. The molecule has 1 aliphatic rings. The zero-order valence-corrected chi connectivity index (χ0v) is 16.4. The molecule has 0 amide bonds. The molecule has 162 valence electrons. The first kappa shape index (κ1) is 20.9. The maximum absolute atomic E-state index is 14.9. The fourth-order valence-corrected chi connectivity index (χ4v) is 3.83. The summed E-state index contributed by atoms with van der Waals surface area (Å²) >= 11 is 6.42. The lowest BCUT2D eigenvalue weighted by Gasteiger charge is -2.19. The van der Waals surface area contributed by atoms with Crippen molar-refractivity contribution < 1.29 is 23.1 Å². The maximum Gasteiger partial charge on any atom is 0.341 e. The van der Waals surface area contributed by atoms with Crippen LogP contribution in [0.4, 0.5) is 24.7 Å². The third-order valence-electron chi connectivity index (χ3n) is 4.99. The number of halogens is 4. The van der Waals surface area contributed by atoms with Crippen LogP contribution in [0.1, 0.15) is 16.8 Å². The molecule has 0 saturated carbocycles. The minimum atomic E-state index is -1.63. The summed E-state index contributed by atoms with van der Waals surface area (Å²) in [5, 5.41) is 14.7. The Kier molecular flexibility index (Phi) is 5.23. The lowest BCUT2D eigenvalue weighted by Crippen LogP contribution is -2.24. The molecule has 1 aliphatic heterocycles. The molecule has 3 aromatic rings. The molecule has 0 bridgehead atoms. The fraction of sp³-hybridized carbons (Fsp3) is 0.211. The first-order valence-electron chi connectivity index (χ1n) is 9.08. The number of fused-ring (bicyclic) bond motifs is 1. The number of carbonyl (C=O) groups is 1. The zero-order valence-electron chi connectivity index (χ0n) is 15.7. The number of hydrogen-bond donors (Lipinski definition) is 4. The number of hydrogen-bond acceptors (Lipinski definition) is 6.